The fourth-order valence-corrected chi connectivity index (χ4v) is 4.77. The van der Waals surface area contributed by atoms with Crippen molar-refractivity contribution < 1.29 is 5.11 Å². The number of aliphatic hydroxyl groups is 1. The molecule has 3 rings (SSSR count). The number of rotatable bonds is 8. The van der Waals surface area contributed by atoms with E-state index in [-0.39, 0.29) is 23.6 Å². The standard InChI is InChI=1S/C27H38N2O/c1-6-20-13-14-23(28-18-20)17-27(5)24(25(30)15-19(3)4)16-21(7-2)26(29-27)22-11-9-8-10-12-22/h8-14,16,18-19,24-26,29-30H,6-7,15,17H2,1-5H3/t24-,25+,26+,27+/m0/s1. The second-order valence-corrected chi connectivity index (χ2v) is 9.41. The molecule has 2 heterocycles. The summed E-state index contributed by atoms with van der Waals surface area (Å²) in [6.07, 6.45) is 7.52. The maximum absolute atomic E-state index is 11.2. The molecular formula is C27H38N2O. The molecule has 3 heteroatoms. The van der Waals surface area contributed by atoms with Crippen LogP contribution in [0.25, 0.3) is 0 Å². The molecule has 1 aliphatic heterocycles. The largest absolute Gasteiger partial charge is 0.392 e. The highest BCUT2D eigenvalue weighted by molar-refractivity contribution is 5.34. The fraction of sp³-hybridized carbons (Fsp3) is 0.519. The molecule has 1 aliphatic rings. The Hall–Kier alpha value is -1.97. The van der Waals surface area contributed by atoms with Gasteiger partial charge < -0.3 is 10.4 Å². The number of aryl methyl sites for hydroxylation is 1. The molecule has 1 aromatic carbocycles. The summed E-state index contributed by atoms with van der Waals surface area (Å²) < 4.78 is 0. The predicted molar refractivity (Wildman–Crippen MR) is 125 cm³/mol. The molecule has 0 fully saturated rings. The molecule has 0 unspecified atom stereocenters. The van der Waals surface area contributed by atoms with Gasteiger partial charge in [-0.3, -0.25) is 4.98 Å². The van der Waals surface area contributed by atoms with Crippen LogP contribution in [-0.4, -0.2) is 21.7 Å². The number of nitrogens with zero attached hydrogens (tertiary/aromatic N) is 1. The molecule has 0 amide bonds. The lowest BCUT2D eigenvalue weighted by molar-refractivity contribution is 0.0486. The van der Waals surface area contributed by atoms with Crippen molar-refractivity contribution in [3.05, 3.63) is 77.1 Å². The van der Waals surface area contributed by atoms with Crippen LogP contribution in [0.3, 0.4) is 0 Å². The number of pyridine rings is 1. The summed E-state index contributed by atoms with van der Waals surface area (Å²) in [4.78, 5) is 4.74. The van der Waals surface area contributed by atoms with E-state index in [2.05, 4.69) is 88.5 Å². The van der Waals surface area contributed by atoms with Gasteiger partial charge in [-0.1, -0.05) is 75.7 Å². The zero-order chi connectivity index (χ0) is 21.7. The predicted octanol–water partition coefficient (Wildman–Crippen LogP) is 5.65. The first-order valence-electron chi connectivity index (χ1n) is 11.5. The van der Waals surface area contributed by atoms with Crippen LogP contribution in [0.1, 0.15) is 70.3 Å². The van der Waals surface area contributed by atoms with Crippen molar-refractivity contribution in [2.24, 2.45) is 11.8 Å². The highest BCUT2D eigenvalue weighted by Crippen LogP contribution is 2.40. The third-order valence-corrected chi connectivity index (χ3v) is 6.49. The van der Waals surface area contributed by atoms with Crippen LogP contribution in [0, 0.1) is 11.8 Å². The van der Waals surface area contributed by atoms with Crippen LogP contribution >= 0.6 is 0 Å². The summed E-state index contributed by atoms with van der Waals surface area (Å²) in [5.74, 6) is 0.499. The van der Waals surface area contributed by atoms with Crippen LogP contribution in [0.15, 0.2) is 60.3 Å². The highest BCUT2D eigenvalue weighted by atomic mass is 16.3. The Morgan fingerprint density at radius 2 is 1.80 bits per heavy atom. The molecule has 30 heavy (non-hydrogen) atoms. The van der Waals surface area contributed by atoms with Gasteiger partial charge in [-0.15, -0.1) is 0 Å². The Bertz CT molecular complexity index is 828. The van der Waals surface area contributed by atoms with Gasteiger partial charge in [0, 0.05) is 29.8 Å². The molecule has 4 atom stereocenters. The molecule has 2 N–H and O–H groups in total. The highest BCUT2D eigenvalue weighted by Gasteiger charge is 2.43. The van der Waals surface area contributed by atoms with Crippen molar-refractivity contribution in [3.8, 4) is 0 Å². The third-order valence-electron chi connectivity index (χ3n) is 6.49. The van der Waals surface area contributed by atoms with Gasteiger partial charge >= 0.3 is 0 Å². The van der Waals surface area contributed by atoms with Crippen molar-refractivity contribution in [3.63, 3.8) is 0 Å². The topological polar surface area (TPSA) is 45.2 Å². The fourth-order valence-electron chi connectivity index (χ4n) is 4.77. The summed E-state index contributed by atoms with van der Waals surface area (Å²) in [5, 5.41) is 15.2. The molecule has 3 nitrogen and oxygen atoms in total. The van der Waals surface area contributed by atoms with Gasteiger partial charge in [0.25, 0.3) is 0 Å². The normalized spacial score (nSPS) is 25.2. The number of benzene rings is 1. The van der Waals surface area contributed by atoms with Gasteiger partial charge in [-0.05, 0) is 49.3 Å². The average Bonchev–Trinajstić information content (AvgIpc) is 2.74. The van der Waals surface area contributed by atoms with Gasteiger partial charge in [0.15, 0.2) is 0 Å². The molecule has 1 aromatic heterocycles. The SMILES string of the molecule is CCC1=C[C@@H]([C@H](O)CC(C)C)[C@@](C)(Cc2ccc(CC)cn2)N[C@H]1c1ccccc1. The minimum atomic E-state index is -0.379. The first kappa shape index (κ1) is 22.7. The minimum Gasteiger partial charge on any atom is -0.392 e. The quantitative estimate of drug-likeness (QED) is 0.557. The van der Waals surface area contributed by atoms with Crippen LogP contribution in [0.4, 0.5) is 0 Å². The smallest absolute Gasteiger partial charge is 0.0623 e. The first-order chi connectivity index (χ1) is 14.4. The summed E-state index contributed by atoms with van der Waals surface area (Å²) >= 11 is 0. The van der Waals surface area contributed by atoms with E-state index in [1.165, 1.54) is 16.7 Å². The lowest BCUT2D eigenvalue weighted by Crippen LogP contribution is -2.57. The van der Waals surface area contributed by atoms with Crippen LogP contribution in [0.2, 0.25) is 0 Å². The average molecular weight is 407 g/mol. The Morgan fingerprint density at radius 3 is 2.37 bits per heavy atom. The second-order valence-electron chi connectivity index (χ2n) is 9.41. The zero-order valence-corrected chi connectivity index (χ0v) is 19.2. The van der Waals surface area contributed by atoms with Crippen molar-refractivity contribution in [1.82, 2.24) is 10.3 Å². The van der Waals surface area contributed by atoms with E-state index >= 15 is 0 Å². The first-order valence-corrected chi connectivity index (χ1v) is 11.5. The number of hydrogen-bond acceptors (Lipinski definition) is 3. The monoisotopic (exact) mass is 406 g/mol. The van der Waals surface area contributed by atoms with Crippen molar-refractivity contribution in [2.75, 3.05) is 0 Å². The number of aromatic nitrogens is 1. The van der Waals surface area contributed by atoms with E-state index in [1.54, 1.807) is 0 Å². The Balaban J connectivity index is 1.99. The molecule has 0 spiro atoms. The molecule has 0 bridgehead atoms. The van der Waals surface area contributed by atoms with E-state index in [4.69, 9.17) is 4.98 Å². The van der Waals surface area contributed by atoms with Crippen molar-refractivity contribution >= 4 is 0 Å². The van der Waals surface area contributed by atoms with Crippen LogP contribution in [-0.2, 0) is 12.8 Å². The van der Waals surface area contributed by atoms with Crippen LogP contribution < -0.4 is 5.32 Å². The molecule has 2 aromatic rings. The Labute approximate surface area is 182 Å². The minimum absolute atomic E-state index is 0.0439. The summed E-state index contributed by atoms with van der Waals surface area (Å²) in [6.45, 7) is 11.0. The maximum atomic E-state index is 11.2. The molecular weight excluding hydrogens is 368 g/mol. The summed E-state index contributed by atoms with van der Waals surface area (Å²) in [7, 11) is 0. The van der Waals surface area contributed by atoms with Gasteiger partial charge in [-0.25, -0.2) is 0 Å². The lowest BCUT2D eigenvalue weighted by atomic mass is 9.70. The van der Waals surface area contributed by atoms with Crippen molar-refractivity contribution in [1.29, 1.82) is 0 Å². The molecule has 162 valence electrons. The molecule has 0 aliphatic carbocycles. The van der Waals surface area contributed by atoms with Gasteiger partial charge in [0.1, 0.15) is 0 Å². The number of hydrogen-bond donors (Lipinski definition) is 2. The summed E-state index contributed by atoms with van der Waals surface area (Å²) in [5.41, 5.74) is 4.69. The zero-order valence-electron chi connectivity index (χ0n) is 19.2. The van der Waals surface area contributed by atoms with Gasteiger partial charge in [0.05, 0.1) is 12.1 Å². The van der Waals surface area contributed by atoms with Gasteiger partial charge in [-0.2, -0.15) is 0 Å². The number of nitrogens with one attached hydrogen (secondary N) is 1. The van der Waals surface area contributed by atoms with E-state index < -0.39 is 0 Å². The Morgan fingerprint density at radius 1 is 1.07 bits per heavy atom. The molecule has 0 radical (unpaired) electrons. The summed E-state index contributed by atoms with van der Waals surface area (Å²) in [6, 6.07) is 15.2. The van der Waals surface area contributed by atoms with E-state index in [1.807, 2.05) is 6.20 Å². The van der Waals surface area contributed by atoms with Crippen molar-refractivity contribution in [2.45, 2.75) is 78.0 Å². The maximum Gasteiger partial charge on any atom is 0.0623 e. The molecule has 0 saturated heterocycles. The second kappa shape index (κ2) is 9.89. The van der Waals surface area contributed by atoms with E-state index in [0.717, 1.165) is 31.4 Å². The van der Waals surface area contributed by atoms with Gasteiger partial charge in [0.2, 0.25) is 0 Å². The molecule has 0 saturated carbocycles. The number of aliphatic hydroxyl groups excluding tert-OH is 1. The Kier molecular flexibility index (Phi) is 7.49. The van der Waals surface area contributed by atoms with Crippen LogP contribution in [0.5, 0.6) is 0 Å². The van der Waals surface area contributed by atoms with E-state index in [9.17, 15) is 5.11 Å². The van der Waals surface area contributed by atoms with E-state index in [0.29, 0.717) is 5.92 Å². The lowest BCUT2D eigenvalue weighted by Gasteiger charge is -2.47. The third kappa shape index (κ3) is 5.19.